The maximum atomic E-state index is 13.4. The maximum Gasteiger partial charge on any atom is 0.215 e. The summed E-state index contributed by atoms with van der Waals surface area (Å²) in [5, 5.41) is 0.119. The van der Waals surface area contributed by atoms with Crippen molar-refractivity contribution in [1.82, 2.24) is 9.62 Å². The molecule has 0 aromatic heterocycles. The van der Waals surface area contributed by atoms with E-state index in [0.29, 0.717) is 6.54 Å². The molecule has 0 atom stereocenters. The van der Waals surface area contributed by atoms with Crippen LogP contribution in [0, 0.1) is 5.82 Å². The van der Waals surface area contributed by atoms with Gasteiger partial charge in [0.05, 0.1) is 5.75 Å². The van der Waals surface area contributed by atoms with E-state index in [9.17, 15) is 12.8 Å². The summed E-state index contributed by atoms with van der Waals surface area (Å²) >= 11 is 5.78. The maximum absolute atomic E-state index is 13.4. The molecule has 0 aliphatic rings. The Morgan fingerprint density at radius 2 is 2.06 bits per heavy atom. The number of rotatable bonds is 6. The Labute approximate surface area is 112 Å². The SMILES string of the molecule is CN(C)CCNS(=O)(=O)Cc1c(F)cccc1Cl. The Bertz CT molecular complexity index is 486. The molecule has 0 bridgehead atoms. The lowest BCUT2D eigenvalue weighted by atomic mass is 10.2. The normalized spacial score (nSPS) is 12.1. The molecule has 1 N–H and O–H groups in total. The molecule has 0 saturated heterocycles. The number of hydrogen-bond acceptors (Lipinski definition) is 3. The summed E-state index contributed by atoms with van der Waals surface area (Å²) in [6, 6.07) is 4.10. The molecule has 1 aromatic carbocycles. The summed E-state index contributed by atoms with van der Waals surface area (Å²) in [5.74, 6) is -1.06. The second-order valence-corrected chi connectivity index (χ2v) is 6.37. The molecule has 0 fully saturated rings. The van der Waals surface area contributed by atoms with Crippen molar-refractivity contribution in [2.45, 2.75) is 5.75 Å². The van der Waals surface area contributed by atoms with Gasteiger partial charge in [-0.15, -0.1) is 0 Å². The zero-order chi connectivity index (χ0) is 13.8. The standard InChI is InChI=1S/C11H16ClFN2O2S/c1-15(2)7-6-14-18(16,17)8-9-10(12)4-3-5-11(9)13/h3-5,14H,6-8H2,1-2H3. The smallest absolute Gasteiger partial charge is 0.215 e. The zero-order valence-electron chi connectivity index (χ0n) is 10.3. The molecule has 18 heavy (non-hydrogen) atoms. The highest BCUT2D eigenvalue weighted by atomic mass is 35.5. The molecular weight excluding hydrogens is 279 g/mol. The number of nitrogens with zero attached hydrogens (tertiary/aromatic N) is 1. The molecular formula is C11H16ClFN2O2S. The van der Waals surface area contributed by atoms with E-state index < -0.39 is 21.6 Å². The molecule has 0 heterocycles. The molecule has 0 aliphatic heterocycles. The van der Waals surface area contributed by atoms with Gasteiger partial charge in [-0.25, -0.2) is 17.5 Å². The predicted octanol–water partition coefficient (Wildman–Crippen LogP) is 1.46. The van der Waals surface area contributed by atoms with Gasteiger partial charge >= 0.3 is 0 Å². The largest absolute Gasteiger partial charge is 0.308 e. The van der Waals surface area contributed by atoms with Gasteiger partial charge in [0.15, 0.2) is 0 Å². The van der Waals surface area contributed by atoms with Crippen molar-refractivity contribution in [1.29, 1.82) is 0 Å². The molecule has 0 radical (unpaired) electrons. The van der Waals surface area contributed by atoms with Crippen LogP contribution in [0.2, 0.25) is 5.02 Å². The Hall–Kier alpha value is -0.690. The minimum atomic E-state index is -3.58. The van der Waals surface area contributed by atoms with Crippen LogP contribution in [-0.4, -0.2) is 40.5 Å². The molecule has 0 aliphatic carbocycles. The van der Waals surface area contributed by atoms with E-state index in [0.717, 1.165) is 0 Å². The van der Waals surface area contributed by atoms with Crippen LogP contribution in [0.25, 0.3) is 0 Å². The Morgan fingerprint density at radius 1 is 1.39 bits per heavy atom. The number of likely N-dealkylation sites (N-methyl/N-ethyl adjacent to an activating group) is 1. The number of benzene rings is 1. The summed E-state index contributed by atoms with van der Waals surface area (Å²) in [6.45, 7) is 0.853. The molecule has 0 unspecified atom stereocenters. The fourth-order valence-electron chi connectivity index (χ4n) is 1.34. The van der Waals surface area contributed by atoms with E-state index in [-0.39, 0.29) is 17.1 Å². The van der Waals surface area contributed by atoms with Gasteiger partial charge in [-0.05, 0) is 26.2 Å². The molecule has 1 rings (SSSR count). The molecule has 102 valence electrons. The predicted molar refractivity (Wildman–Crippen MR) is 70.6 cm³/mol. The summed E-state index contributed by atoms with van der Waals surface area (Å²) < 4.78 is 39.3. The van der Waals surface area contributed by atoms with Gasteiger partial charge in [0, 0.05) is 23.7 Å². The average Bonchev–Trinajstić information content (AvgIpc) is 2.23. The van der Waals surface area contributed by atoms with Crippen molar-refractivity contribution in [3.63, 3.8) is 0 Å². The molecule has 0 saturated carbocycles. The van der Waals surface area contributed by atoms with Crippen molar-refractivity contribution in [3.8, 4) is 0 Å². The van der Waals surface area contributed by atoms with Gasteiger partial charge in [0.2, 0.25) is 10.0 Å². The van der Waals surface area contributed by atoms with Crippen molar-refractivity contribution in [3.05, 3.63) is 34.6 Å². The monoisotopic (exact) mass is 294 g/mol. The first-order valence-electron chi connectivity index (χ1n) is 5.37. The van der Waals surface area contributed by atoms with Gasteiger partial charge in [-0.1, -0.05) is 17.7 Å². The fourth-order valence-corrected chi connectivity index (χ4v) is 2.82. The third-order valence-corrected chi connectivity index (χ3v) is 3.94. The van der Waals surface area contributed by atoms with Crippen LogP contribution in [0.1, 0.15) is 5.56 Å². The van der Waals surface area contributed by atoms with Gasteiger partial charge in [-0.3, -0.25) is 0 Å². The van der Waals surface area contributed by atoms with Crippen molar-refractivity contribution >= 4 is 21.6 Å². The first kappa shape index (κ1) is 15.4. The van der Waals surface area contributed by atoms with Crippen molar-refractivity contribution in [2.24, 2.45) is 0 Å². The highest BCUT2D eigenvalue weighted by Gasteiger charge is 2.16. The third kappa shape index (κ3) is 4.89. The Kier molecular flexibility index (Phi) is 5.52. The minimum Gasteiger partial charge on any atom is -0.308 e. The van der Waals surface area contributed by atoms with E-state index in [4.69, 9.17) is 11.6 Å². The highest BCUT2D eigenvalue weighted by molar-refractivity contribution is 7.88. The summed E-state index contributed by atoms with van der Waals surface area (Å²) in [7, 11) is 0.0943. The first-order chi connectivity index (χ1) is 8.32. The topological polar surface area (TPSA) is 49.4 Å². The highest BCUT2D eigenvalue weighted by Crippen LogP contribution is 2.20. The van der Waals surface area contributed by atoms with E-state index >= 15 is 0 Å². The first-order valence-corrected chi connectivity index (χ1v) is 7.40. The Morgan fingerprint density at radius 3 is 2.61 bits per heavy atom. The second kappa shape index (κ2) is 6.47. The van der Waals surface area contributed by atoms with Gasteiger partial charge in [-0.2, -0.15) is 0 Å². The number of sulfonamides is 1. The van der Waals surface area contributed by atoms with Crippen LogP contribution in [0.4, 0.5) is 4.39 Å². The third-order valence-electron chi connectivity index (χ3n) is 2.28. The Balaban J connectivity index is 2.71. The van der Waals surface area contributed by atoms with Gasteiger partial charge in [0.1, 0.15) is 5.82 Å². The zero-order valence-corrected chi connectivity index (χ0v) is 11.9. The lowest BCUT2D eigenvalue weighted by Gasteiger charge is -2.11. The lowest BCUT2D eigenvalue weighted by molar-refractivity contribution is 0.412. The molecule has 0 amide bonds. The van der Waals surface area contributed by atoms with Gasteiger partial charge < -0.3 is 4.90 Å². The fraction of sp³-hybridized carbons (Fsp3) is 0.455. The molecule has 4 nitrogen and oxygen atoms in total. The summed E-state index contributed by atoms with van der Waals surface area (Å²) in [5.41, 5.74) is -0.00322. The minimum absolute atomic E-state index is 0.00322. The van der Waals surface area contributed by atoms with Crippen molar-refractivity contribution < 1.29 is 12.8 Å². The van der Waals surface area contributed by atoms with E-state index in [1.807, 2.05) is 19.0 Å². The van der Waals surface area contributed by atoms with E-state index in [2.05, 4.69) is 4.72 Å². The number of hydrogen-bond donors (Lipinski definition) is 1. The molecule has 0 spiro atoms. The average molecular weight is 295 g/mol. The molecule has 7 heteroatoms. The van der Waals surface area contributed by atoms with E-state index in [1.54, 1.807) is 0 Å². The molecule has 1 aromatic rings. The summed E-state index contributed by atoms with van der Waals surface area (Å²) in [4.78, 5) is 1.85. The summed E-state index contributed by atoms with van der Waals surface area (Å²) in [6.07, 6.45) is 0. The number of halogens is 2. The van der Waals surface area contributed by atoms with Crippen LogP contribution >= 0.6 is 11.6 Å². The van der Waals surface area contributed by atoms with Crippen LogP contribution in [-0.2, 0) is 15.8 Å². The van der Waals surface area contributed by atoms with Crippen molar-refractivity contribution in [2.75, 3.05) is 27.2 Å². The second-order valence-electron chi connectivity index (χ2n) is 4.16. The van der Waals surface area contributed by atoms with Crippen LogP contribution in [0.5, 0.6) is 0 Å². The van der Waals surface area contributed by atoms with Gasteiger partial charge in [0.25, 0.3) is 0 Å². The van der Waals surface area contributed by atoms with Crippen LogP contribution in [0.3, 0.4) is 0 Å². The van der Waals surface area contributed by atoms with Crippen LogP contribution < -0.4 is 4.72 Å². The lowest BCUT2D eigenvalue weighted by Crippen LogP contribution is -2.32. The number of nitrogens with one attached hydrogen (secondary N) is 1. The van der Waals surface area contributed by atoms with E-state index in [1.165, 1.54) is 18.2 Å². The quantitative estimate of drug-likeness (QED) is 0.864. The van der Waals surface area contributed by atoms with Crippen LogP contribution in [0.15, 0.2) is 18.2 Å².